The second kappa shape index (κ2) is 13.4. The molecule has 0 fully saturated rings. The van der Waals surface area contributed by atoms with Crippen molar-refractivity contribution < 1.29 is 19.1 Å². The normalized spacial score (nSPS) is 10.2. The molecular weight excluding hydrogens is 244 g/mol. The minimum atomic E-state index is -0.228. The lowest BCUT2D eigenvalue weighted by Crippen LogP contribution is -2.09. The first-order valence-corrected chi connectivity index (χ1v) is 7.52. The van der Waals surface area contributed by atoms with Crippen molar-refractivity contribution in [3.63, 3.8) is 0 Å². The van der Waals surface area contributed by atoms with Crippen molar-refractivity contribution in [2.24, 2.45) is 0 Å². The van der Waals surface area contributed by atoms with E-state index in [9.17, 15) is 9.59 Å². The third-order valence-corrected chi connectivity index (χ3v) is 2.74. The van der Waals surface area contributed by atoms with Crippen LogP contribution in [0.4, 0.5) is 0 Å². The van der Waals surface area contributed by atoms with E-state index >= 15 is 0 Å². The molecule has 0 aliphatic rings. The zero-order valence-electron chi connectivity index (χ0n) is 12.4. The standard InChI is InChI=1S/C15H28O4/c1-3-5-6-7-8-13-19-15(17)11-9-10-14(16)18-12-4-2/h3-13H2,1-2H3. The van der Waals surface area contributed by atoms with Gasteiger partial charge in [-0.15, -0.1) is 0 Å². The van der Waals surface area contributed by atoms with Crippen molar-refractivity contribution in [1.82, 2.24) is 0 Å². The highest BCUT2D eigenvalue weighted by Gasteiger charge is 2.06. The van der Waals surface area contributed by atoms with Gasteiger partial charge in [0.25, 0.3) is 0 Å². The molecule has 0 saturated heterocycles. The van der Waals surface area contributed by atoms with E-state index in [-0.39, 0.29) is 11.9 Å². The summed E-state index contributed by atoms with van der Waals surface area (Å²) in [5.74, 6) is -0.437. The van der Waals surface area contributed by atoms with E-state index in [0.717, 1.165) is 19.3 Å². The molecule has 0 aliphatic carbocycles. The number of unbranched alkanes of at least 4 members (excludes halogenated alkanes) is 4. The predicted octanol–water partition coefficient (Wildman–Crippen LogP) is 3.62. The molecule has 0 heterocycles. The Kier molecular flexibility index (Phi) is 12.6. The first kappa shape index (κ1) is 17.9. The summed E-state index contributed by atoms with van der Waals surface area (Å²) in [6, 6.07) is 0. The van der Waals surface area contributed by atoms with Crippen LogP contribution in [-0.2, 0) is 19.1 Å². The van der Waals surface area contributed by atoms with Crippen molar-refractivity contribution in [2.75, 3.05) is 13.2 Å². The van der Waals surface area contributed by atoms with Gasteiger partial charge in [-0.2, -0.15) is 0 Å². The van der Waals surface area contributed by atoms with Gasteiger partial charge in [0.1, 0.15) is 0 Å². The van der Waals surface area contributed by atoms with Crippen LogP contribution >= 0.6 is 0 Å². The number of hydrogen-bond acceptors (Lipinski definition) is 4. The van der Waals surface area contributed by atoms with Gasteiger partial charge in [0.05, 0.1) is 13.2 Å². The molecule has 0 saturated carbocycles. The second-order valence-corrected chi connectivity index (χ2v) is 4.71. The van der Waals surface area contributed by atoms with E-state index in [1.165, 1.54) is 19.3 Å². The molecule has 0 radical (unpaired) electrons. The molecule has 112 valence electrons. The molecule has 0 atom stereocenters. The van der Waals surface area contributed by atoms with Crippen molar-refractivity contribution in [3.05, 3.63) is 0 Å². The number of carbonyl (C=O) groups is 2. The SMILES string of the molecule is CCCCCCCOC(=O)CCCC(=O)OCCC. The fraction of sp³-hybridized carbons (Fsp3) is 0.867. The Morgan fingerprint density at radius 3 is 1.84 bits per heavy atom. The second-order valence-electron chi connectivity index (χ2n) is 4.71. The Balaban J connectivity index is 3.32. The van der Waals surface area contributed by atoms with Gasteiger partial charge < -0.3 is 9.47 Å². The summed E-state index contributed by atoms with van der Waals surface area (Å²) in [7, 11) is 0. The van der Waals surface area contributed by atoms with Gasteiger partial charge >= 0.3 is 11.9 Å². The maximum atomic E-state index is 11.4. The fourth-order valence-corrected chi connectivity index (χ4v) is 1.63. The van der Waals surface area contributed by atoms with Gasteiger partial charge in [-0.05, 0) is 19.3 Å². The average molecular weight is 272 g/mol. The molecule has 0 aromatic rings. The van der Waals surface area contributed by atoms with Gasteiger partial charge in [-0.25, -0.2) is 0 Å². The van der Waals surface area contributed by atoms with Crippen molar-refractivity contribution in [2.45, 2.75) is 71.6 Å². The maximum absolute atomic E-state index is 11.4. The van der Waals surface area contributed by atoms with Crippen LogP contribution in [0.5, 0.6) is 0 Å². The summed E-state index contributed by atoms with van der Waals surface area (Å²) in [5, 5.41) is 0. The minimum Gasteiger partial charge on any atom is -0.466 e. The summed E-state index contributed by atoms with van der Waals surface area (Å²) in [6.45, 7) is 5.08. The zero-order chi connectivity index (χ0) is 14.3. The Morgan fingerprint density at radius 2 is 1.26 bits per heavy atom. The van der Waals surface area contributed by atoms with Crippen molar-refractivity contribution in [3.8, 4) is 0 Å². The molecule has 4 nitrogen and oxygen atoms in total. The lowest BCUT2D eigenvalue weighted by molar-refractivity contribution is -0.145. The Hall–Kier alpha value is -1.06. The molecule has 0 aromatic carbocycles. The molecule has 0 rings (SSSR count). The van der Waals surface area contributed by atoms with E-state index in [1.54, 1.807) is 0 Å². The van der Waals surface area contributed by atoms with Crippen LogP contribution in [0, 0.1) is 0 Å². The van der Waals surface area contributed by atoms with Gasteiger partial charge in [0.2, 0.25) is 0 Å². The van der Waals surface area contributed by atoms with Crippen LogP contribution in [0.25, 0.3) is 0 Å². The number of esters is 2. The zero-order valence-corrected chi connectivity index (χ0v) is 12.4. The molecule has 0 aromatic heterocycles. The van der Waals surface area contributed by atoms with Crippen LogP contribution in [0.3, 0.4) is 0 Å². The Labute approximate surface area is 116 Å². The van der Waals surface area contributed by atoms with Crippen LogP contribution in [0.1, 0.15) is 71.6 Å². The summed E-state index contributed by atoms with van der Waals surface area (Å²) >= 11 is 0. The van der Waals surface area contributed by atoms with Crippen LogP contribution < -0.4 is 0 Å². The van der Waals surface area contributed by atoms with E-state index in [1.807, 2.05) is 6.92 Å². The highest BCUT2D eigenvalue weighted by Crippen LogP contribution is 2.04. The van der Waals surface area contributed by atoms with Gasteiger partial charge in [-0.1, -0.05) is 39.5 Å². The average Bonchev–Trinajstić information content (AvgIpc) is 2.40. The van der Waals surface area contributed by atoms with E-state index in [4.69, 9.17) is 9.47 Å². The number of rotatable bonds is 12. The molecule has 0 amide bonds. The summed E-state index contributed by atoms with van der Waals surface area (Å²) in [6.07, 6.45) is 7.65. The monoisotopic (exact) mass is 272 g/mol. The lowest BCUT2D eigenvalue weighted by Gasteiger charge is -2.05. The van der Waals surface area contributed by atoms with E-state index in [2.05, 4.69) is 6.92 Å². The molecule has 0 spiro atoms. The first-order chi connectivity index (χ1) is 9.20. The smallest absolute Gasteiger partial charge is 0.305 e. The molecule has 0 bridgehead atoms. The molecule has 19 heavy (non-hydrogen) atoms. The first-order valence-electron chi connectivity index (χ1n) is 7.52. The third-order valence-electron chi connectivity index (χ3n) is 2.74. The van der Waals surface area contributed by atoms with E-state index < -0.39 is 0 Å². The lowest BCUT2D eigenvalue weighted by atomic mass is 10.2. The van der Waals surface area contributed by atoms with Gasteiger partial charge in [-0.3, -0.25) is 9.59 Å². The van der Waals surface area contributed by atoms with Crippen LogP contribution in [-0.4, -0.2) is 25.2 Å². The topological polar surface area (TPSA) is 52.6 Å². The predicted molar refractivity (Wildman–Crippen MR) is 74.8 cm³/mol. The number of ether oxygens (including phenoxy) is 2. The van der Waals surface area contributed by atoms with Crippen molar-refractivity contribution in [1.29, 1.82) is 0 Å². The fourth-order valence-electron chi connectivity index (χ4n) is 1.63. The quantitative estimate of drug-likeness (QED) is 0.402. The summed E-state index contributed by atoms with van der Waals surface area (Å²) in [5.41, 5.74) is 0. The molecular formula is C15H28O4. The van der Waals surface area contributed by atoms with E-state index in [0.29, 0.717) is 32.5 Å². The van der Waals surface area contributed by atoms with Gasteiger partial charge in [0, 0.05) is 12.8 Å². The molecule has 4 heteroatoms. The Bertz CT molecular complexity index is 238. The highest BCUT2D eigenvalue weighted by atomic mass is 16.5. The molecule has 0 unspecified atom stereocenters. The van der Waals surface area contributed by atoms with Crippen LogP contribution in [0.15, 0.2) is 0 Å². The maximum Gasteiger partial charge on any atom is 0.305 e. The van der Waals surface area contributed by atoms with Gasteiger partial charge in [0.15, 0.2) is 0 Å². The number of hydrogen-bond donors (Lipinski definition) is 0. The third kappa shape index (κ3) is 13.2. The molecule has 0 N–H and O–H groups in total. The Morgan fingerprint density at radius 1 is 0.684 bits per heavy atom. The van der Waals surface area contributed by atoms with Crippen LogP contribution in [0.2, 0.25) is 0 Å². The molecule has 0 aliphatic heterocycles. The van der Waals surface area contributed by atoms with Crippen molar-refractivity contribution >= 4 is 11.9 Å². The largest absolute Gasteiger partial charge is 0.466 e. The summed E-state index contributed by atoms with van der Waals surface area (Å²) in [4.78, 5) is 22.5. The minimum absolute atomic E-state index is 0.209. The highest BCUT2D eigenvalue weighted by molar-refractivity contribution is 5.72. The summed E-state index contributed by atoms with van der Waals surface area (Å²) < 4.78 is 10.0. The number of carbonyl (C=O) groups excluding carboxylic acids is 2.